The van der Waals surface area contributed by atoms with Gasteiger partial charge in [-0.3, -0.25) is 9.59 Å². The molecule has 0 saturated heterocycles. The molecule has 2 heterocycles. The third kappa shape index (κ3) is 2.75. The van der Waals surface area contributed by atoms with Crippen molar-refractivity contribution >= 4 is 23.4 Å². The number of nitrogen functional groups attached to an aromatic ring is 1. The maximum Gasteiger partial charge on any atom is 0.253 e. The summed E-state index contributed by atoms with van der Waals surface area (Å²) in [5, 5.41) is 0.792. The molecule has 2 aromatic heterocycles. The molecule has 0 fully saturated rings. The van der Waals surface area contributed by atoms with E-state index in [1.54, 1.807) is 18.3 Å². The van der Waals surface area contributed by atoms with Crippen LogP contribution in [0.1, 0.15) is 17.3 Å². The Labute approximate surface area is 107 Å². The van der Waals surface area contributed by atoms with Gasteiger partial charge in [-0.2, -0.15) is 0 Å². The molecule has 0 bridgehead atoms. The van der Waals surface area contributed by atoms with Crippen LogP contribution in [-0.2, 0) is 0 Å². The third-order valence-electron chi connectivity index (χ3n) is 2.08. The average Bonchev–Trinajstić information content (AvgIpc) is 2.27. The van der Waals surface area contributed by atoms with Gasteiger partial charge in [0.25, 0.3) is 5.56 Å². The van der Waals surface area contributed by atoms with Crippen molar-refractivity contribution in [3.05, 3.63) is 40.3 Å². The van der Waals surface area contributed by atoms with Gasteiger partial charge in [-0.25, -0.2) is 9.97 Å². The van der Waals surface area contributed by atoms with E-state index in [0.717, 1.165) is 11.8 Å². The lowest BCUT2D eigenvalue weighted by molar-refractivity contribution is 0.101. The summed E-state index contributed by atoms with van der Waals surface area (Å²) < 4.78 is 0. The fraction of sp³-hybridized carbons (Fsp3) is 0.0909. The summed E-state index contributed by atoms with van der Waals surface area (Å²) in [5.74, 6) is 0.0263. The number of carbonyl (C=O) groups excluding carboxylic acids is 1. The number of nitrogens with two attached hydrogens (primary N) is 1. The first-order valence-electron chi connectivity index (χ1n) is 5.07. The first-order chi connectivity index (χ1) is 8.56. The summed E-state index contributed by atoms with van der Waals surface area (Å²) >= 11 is 1.09. The fourth-order valence-electron chi connectivity index (χ4n) is 1.33. The highest BCUT2D eigenvalue weighted by atomic mass is 32.2. The zero-order valence-corrected chi connectivity index (χ0v) is 10.3. The van der Waals surface area contributed by atoms with Crippen molar-refractivity contribution in [1.29, 1.82) is 0 Å². The van der Waals surface area contributed by atoms with Gasteiger partial charge in [0.15, 0.2) is 10.9 Å². The summed E-state index contributed by atoms with van der Waals surface area (Å²) in [4.78, 5) is 33.2. The number of nitrogens with one attached hydrogen (secondary N) is 1. The Morgan fingerprint density at radius 3 is 2.94 bits per heavy atom. The van der Waals surface area contributed by atoms with E-state index >= 15 is 0 Å². The van der Waals surface area contributed by atoms with Crippen LogP contribution in [-0.4, -0.2) is 20.7 Å². The smallest absolute Gasteiger partial charge is 0.253 e. The number of rotatable bonds is 3. The van der Waals surface area contributed by atoms with Crippen molar-refractivity contribution in [2.45, 2.75) is 17.1 Å². The van der Waals surface area contributed by atoms with Gasteiger partial charge in [-0.1, -0.05) is 0 Å². The topological polar surface area (TPSA) is 102 Å². The SMILES string of the molecule is CC(=O)c1cccnc1Sc1nc(N)cc(=O)[nH]1. The predicted octanol–water partition coefficient (Wildman–Crippen LogP) is 1.10. The second-order valence-corrected chi connectivity index (χ2v) is 4.47. The Hall–Kier alpha value is -2.15. The van der Waals surface area contributed by atoms with Crippen LogP contribution in [0.3, 0.4) is 0 Å². The molecule has 6 nitrogen and oxygen atoms in total. The molecule has 0 saturated carbocycles. The Kier molecular flexibility index (Phi) is 3.42. The van der Waals surface area contributed by atoms with Crippen LogP contribution in [0.4, 0.5) is 5.82 Å². The molecule has 18 heavy (non-hydrogen) atoms. The van der Waals surface area contributed by atoms with Crippen LogP contribution in [0.5, 0.6) is 0 Å². The summed E-state index contributed by atoms with van der Waals surface area (Å²) in [6.45, 7) is 1.45. The van der Waals surface area contributed by atoms with Crippen LogP contribution in [0, 0.1) is 0 Å². The third-order valence-corrected chi connectivity index (χ3v) is 2.99. The number of anilines is 1. The highest BCUT2D eigenvalue weighted by Gasteiger charge is 2.11. The second-order valence-electron chi connectivity index (χ2n) is 3.49. The molecule has 0 aliphatic heterocycles. The molecule has 0 aromatic carbocycles. The Bertz CT molecular complexity index is 653. The monoisotopic (exact) mass is 262 g/mol. The van der Waals surface area contributed by atoms with Gasteiger partial charge >= 0.3 is 0 Å². The van der Waals surface area contributed by atoms with Crippen LogP contribution < -0.4 is 11.3 Å². The number of aromatic amines is 1. The molecule has 0 atom stereocenters. The molecule has 2 aromatic rings. The molecule has 0 aliphatic carbocycles. The minimum absolute atomic E-state index is 0.100. The molecule has 0 radical (unpaired) electrons. The zero-order chi connectivity index (χ0) is 13.1. The van der Waals surface area contributed by atoms with Gasteiger partial charge in [0.2, 0.25) is 0 Å². The van der Waals surface area contributed by atoms with Crippen LogP contribution >= 0.6 is 11.8 Å². The van der Waals surface area contributed by atoms with E-state index in [1.807, 2.05) is 0 Å². The minimum atomic E-state index is -0.342. The number of aromatic nitrogens is 3. The maximum absolute atomic E-state index is 11.4. The molecule has 2 rings (SSSR count). The molecule has 3 N–H and O–H groups in total. The van der Waals surface area contributed by atoms with Crippen molar-refractivity contribution in [2.75, 3.05) is 5.73 Å². The normalized spacial score (nSPS) is 10.3. The number of Topliss-reactive ketones (excluding diaryl/α,β-unsaturated/α-hetero) is 1. The van der Waals surface area contributed by atoms with Crippen molar-refractivity contribution in [2.24, 2.45) is 0 Å². The highest BCUT2D eigenvalue weighted by Crippen LogP contribution is 2.25. The van der Waals surface area contributed by atoms with Crippen molar-refractivity contribution in [1.82, 2.24) is 15.0 Å². The van der Waals surface area contributed by atoms with Crippen LogP contribution in [0.2, 0.25) is 0 Å². The average molecular weight is 262 g/mol. The van der Waals surface area contributed by atoms with Crippen LogP contribution in [0.25, 0.3) is 0 Å². The van der Waals surface area contributed by atoms with Gasteiger partial charge in [0.1, 0.15) is 10.8 Å². The van der Waals surface area contributed by atoms with Gasteiger partial charge in [0.05, 0.1) is 0 Å². The van der Waals surface area contributed by atoms with E-state index in [4.69, 9.17) is 5.73 Å². The van der Waals surface area contributed by atoms with Gasteiger partial charge in [0, 0.05) is 17.8 Å². The van der Waals surface area contributed by atoms with E-state index in [-0.39, 0.29) is 17.2 Å². The molecule has 0 unspecified atom stereocenters. The number of hydrogen-bond acceptors (Lipinski definition) is 6. The number of nitrogens with zero attached hydrogens (tertiary/aromatic N) is 2. The first kappa shape index (κ1) is 12.3. The van der Waals surface area contributed by atoms with Gasteiger partial charge in [-0.15, -0.1) is 0 Å². The number of hydrogen-bond donors (Lipinski definition) is 2. The lowest BCUT2D eigenvalue weighted by atomic mass is 10.2. The van der Waals surface area contributed by atoms with Crippen LogP contribution in [0.15, 0.2) is 39.4 Å². The number of carbonyl (C=O) groups is 1. The quantitative estimate of drug-likeness (QED) is 0.634. The number of pyridine rings is 1. The van der Waals surface area contributed by atoms with E-state index < -0.39 is 0 Å². The summed E-state index contributed by atoms with van der Waals surface area (Å²) in [6.07, 6.45) is 1.57. The van der Waals surface area contributed by atoms with E-state index in [2.05, 4.69) is 15.0 Å². The van der Waals surface area contributed by atoms with Gasteiger partial charge in [-0.05, 0) is 30.8 Å². The van der Waals surface area contributed by atoms with Gasteiger partial charge < -0.3 is 10.7 Å². The Morgan fingerprint density at radius 2 is 2.28 bits per heavy atom. The summed E-state index contributed by atoms with van der Waals surface area (Å²) in [7, 11) is 0. The lowest BCUT2D eigenvalue weighted by Gasteiger charge is -2.04. The molecule has 92 valence electrons. The molecule has 7 heteroatoms. The largest absolute Gasteiger partial charge is 0.383 e. The Balaban J connectivity index is 2.40. The fourth-order valence-corrected chi connectivity index (χ4v) is 2.25. The predicted molar refractivity (Wildman–Crippen MR) is 67.6 cm³/mol. The zero-order valence-electron chi connectivity index (χ0n) is 9.51. The second kappa shape index (κ2) is 5.01. The van der Waals surface area contributed by atoms with E-state index in [0.29, 0.717) is 15.7 Å². The molecule has 0 amide bonds. The summed E-state index contributed by atoms with van der Waals surface area (Å²) in [5.41, 5.74) is 5.62. The molecule has 0 spiro atoms. The molecular weight excluding hydrogens is 252 g/mol. The summed E-state index contributed by atoms with van der Waals surface area (Å²) in [6, 6.07) is 4.53. The van der Waals surface area contributed by atoms with Crippen molar-refractivity contribution < 1.29 is 4.79 Å². The maximum atomic E-state index is 11.4. The molecule has 0 aliphatic rings. The number of ketones is 1. The van der Waals surface area contributed by atoms with Crippen molar-refractivity contribution in [3.63, 3.8) is 0 Å². The molecular formula is C11H10N4O2S. The van der Waals surface area contributed by atoms with Crippen molar-refractivity contribution in [3.8, 4) is 0 Å². The number of H-pyrrole nitrogens is 1. The minimum Gasteiger partial charge on any atom is -0.383 e. The van der Waals surface area contributed by atoms with E-state index in [9.17, 15) is 9.59 Å². The van der Waals surface area contributed by atoms with E-state index in [1.165, 1.54) is 13.0 Å². The lowest BCUT2D eigenvalue weighted by Crippen LogP contribution is -2.09. The Morgan fingerprint density at radius 1 is 1.50 bits per heavy atom. The highest BCUT2D eigenvalue weighted by molar-refractivity contribution is 7.99. The first-order valence-corrected chi connectivity index (χ1v) is 5.88. The standard InChI is InChI=1S/C11H10N4O2S/c1-6(16)7-3-2-4-13-10(7)18-11-14-8(12)5-9(17)15-11/h2-5H,1H3,(H3,12,14,15,17).